The molecular formula is C14H14N4O2. The van der Waals surface area contributed by atoms with Gasteiger partial charge in [0.25, 0.3) is 5.91 Å². The number of amides is 1. The van der Waals surface area contributed by atoms with Crippen LogP contribution in [-0.4, -0.2) is 20.7 Å². The molecule has 3 aromatic heterocycles. The molecule has 0 aliphatic heterocycles. The van der Waals surface area contributed by atoms with E-state index in [2.05, 4.69) is 15.6 Å². The molecule has 0 aliphatic carbocycles. The van der Waals surface area contributed by atoms with Gasteiger partial charge in [0.05, 0.1) is 17.4 Å². The van der Waals surface area contributed by atoms with E-state index in [4.69, 9.17) is 4.52 Å². The van der Waals surface area contributed by atoms with Gasteiger partial charge in [0.1, 0.15) is 11.3 Å². The van der Waals surface area contributed by atoms with E-state index in [9.17, 15) is 4.79 Å². The van der Waals surface area contributed by atoms with Crippen LogP contribution in [0.2, 0.25) is 0 Å². The van der Waals surface area contributed by atoms with Crippen molar-refractivity contribution in [2.75, 3.05) is 0 Å². The third kappa shape index (κ3) is 2.05. The standard InChI is InChI=1S/C14H14N4O2/c1-9-13(10(2)20-17-9)14(19)15-7-11-8-16-18-6-4-3-5-12(11)18/h3-6,8H,7H2,1-2H3,(H,15,19). The van der Waals surface area contributed by atoms with Gasteiger partial charge in [-0.25, -0.2) is 4.52 Å². The van der Waals surface area contributed by atoms with Crippen molar-refractivity contribution in [2.45, 2.75) is 20.4 Å². The Bertz CT molecular complexity index is 753. The highest BCUT2D eigenvalue weighted by Gasteiger charge is 2.17. The summed E-state index contributed by atoms with van der Waals surface area (Å²) in [6.07, 6.45) is 3.62. The van der Waals surface area contributed by atoms with Crippen molar-refractivity contribution in [1.29, 1.82) is 0 Å². The Morgan fingerprint density at radius 3 is 3.00 bits per heavy atom. The Morgan fingerprint density at radius 2 is 2.25 bits per heavy atom. The lowest BCUT2D eigenvalue weighted by Crippen LogP contribution is -2.23. The number of nitrogens with zero attached hydrogens (tertiary/aromatic N) is 3. The van der Waals surface area contributed by atoms with Crippen LogP contribution in [0.15, 0.2) is 35.1 Å². The SMILES string of the molecule is Cc1noc(C)c1C(=O)NCc1cnn2ccccc12. The fourth-order valence-electron chi connectivity index (χ4n) is 2.19. The van der Waals surface area contributed by atoms with Crippen LogP contribution in [0.1, 0.15) is 27.4 Å². The van der Waals surface area contributed by atoms with Gasteiger partial charge in [-0.15, -0.1) is 0 Å². The number of aryl methyl sites for hydroxylation is 2. The number of rotatable bonds is 3. The number of aromatic nitrogens is 3. The number of pyridine rings is 1. The van der Waals surface area contributed by atoms with Crippen molar-refractivity contribution < 1.29 is 9.32 Å². The second-order valence-electron chi connectivity index (χ2n) is 4.58. The van der Waals surface area contributed by atoms with Crippen molar-refractivity contribution in [3.8, 4) is 0 Å². The number of carbonyl (C=O) groups is 1. The summed E-state index contributed by atoms with van der Waals surface area (Å²) in [6, 6.07) is 5.81. The third-order valence-electron chi connectivity index (χ3n) is 3.21. The van der Waals surface area contributed by atoms with Crippen LogP contribution in [0.25, 0.3) is 5.52 Å². The number of fused-ring (bicyclic) bond motifs is 1. The molecule has 0 bridgehead atoms. The predicted octanol–water partition coefficient (Wildman–Crippen LogP) is 1.87. The Morgan fingerprint density at radius 1 is 1.40 bits per heavy atom. The lowest BCUT2D eigenvalue weighted by Gasteiger charge is -2.03. The molecule has 102 valence electrons. The number of nitrogens with one attached hydrogen (secondary N) is 1. The van der Waals surface area contributed by atoms with E-state index >= 15 is 0 Å². The highest BCUT2D eigenvalue weighted by atomic mass is 16.5. The highest BCUT2D eigenvalue weighted by molar-refractivity contribution is 5.96. The molecule has 0 unspecified atom stereocenters. The maximum Gasteiger partial charge on any atom is 0.257 e. The van der Waals surface area contributed by atoms with Gasteiger partial charge in [-0.3, -0.25) is 4.79 Å². The molecule has 0 aromatic carbocycles. The minimum Gasteiger partial charge on any atom is -0.361 e. The number of hydrogen-bond donors (Lipinski definition) is 1. The van der Waals surface area contributed by atoms with E-state index in [1.807, 2.05) is 24.4 Å². The molecule has 6 nitrogen and oxygen atoms in total. The Hall–Kier alpha value is -2.63. The van der Waals surface area contributed by atoms with Gasteiger partial charge in [-0.05, 0) is 26.0 Å². The predicted molar refractivity (Wildman–Crippen MR) is 72.3 cm³/mol. The van der Waals surface area contributed by atoms with Crippen LogP contribution in [0.3, 0.4) is 0 Å². The van der Waals surface area contributed by atoms with E-state index in [0.717, 1.165) is 11.1 Å². The van der Waals surface area contributed by atoms with Crippen molar-refractivity contribution >= 4 is 11.4 Å². The lowest BCUT2D eigenvalue weighted by atomic mass is 10.2. The van der Waals surface area contributed by atoms with Crippen LogP contribution in [0.5, 0.6) is 0 Å². The van der Waals surface area contributed by atoms with Crippen molar-refractivity contribution in [2.24, 2.45) is 0 Å². The first-order valence-electron chi connectivity index (χ1n) is 6.29. The molecule has 0 radical (unpaired) electrons. The smallest absolute Gasteiger partial charge is 0.257 e. The molecule has 0 aliphatic rings. The normalized spacial score (nSPS) is 10.9. The van der Waals surface area contributed by atoms with Crippen LogP contribution in [0, 0.1) is 13.8 Å². The molecule has 0 saturated heterocycles. The van der Waals surface area contributed by atoms with E-state index in [-0.39, 0.29) is 5.91 Å². The summed E-state index contributed by atoms with van der Waals surface area (Å²) in [5.41, 5.74) is 3.04. The van der Waals surface area contributed by atoms with Gasteiger partial charge in [0, 0.05) is 18.3 Å². The zero-order chi connectivity index (χ0) is 14.1. The Kier molecular flexibility index (Phi) is 2.98. The zero-order valence-electron chi connectivity index (χ0n) is 11.3. The molecule has 3 heterocycles. The Labute approximate surface area is 115 Å². The second kappa shape index (κ2) is 4.80. The molecule has 20 heavy (non-hydrogen) atoms. The summed E-state index contributed by atoms with van der Waals surface area (Å²) in [5, 5.41) is 10.9. The Balaban J connectivity index is 1.78. The monoisotopic (exact) mass is 270 g/mol. The van der Waals surface area contributed by atoms with Gasteiger partial charge in [-0.1, -0.05) is 11.2 Å². The first-order valence-corrected chi connectivity index (χ1v) is 6.29. The first kappa shape index (κ1) is 12.4. The molecule has 3 rings (SSSR count). The van der Waals surface area contributed by atoms with Crippen molar-refractivity contribution in [1.82, 2.24) is 20.1 Å². The van der Waals surface area contributed by atoms with Crippen LogP contribution < -0.4 is 5.32 Å². The second-order valence-corrected chi connectivity index (χ2v) is 4.58. The molecule has 0 atom stereocenters. The van der Waals surface area contributed by atoms with E-state index in [1.54, 1.807) is 24.6 Å². The molecule has 0 fully saturated rings. The van der Waals surface area contributed by atoms with Gasteiger partial charge >= 0.3 is 0 Å². The summed E-state index contributed by atoms with van der Waals surface area (Å²) in [7, 11) is 0. The van der Waals surface area contributed by atoms with Crippen LogP contribution in [0.4, 0.5) is 0 Å². The summed E-state index contributed by atoms with van der Waals surface area (Å²) in [6.45, 7) is 3.89. The van der Waals surface area contributed by atoms with Gasteiger partial charge in [0.15, 0.2) is 0 Å². The number of carbonyl (C=O) groups excluding carboxylic acids is 1. The fraction of sp³-hybridized carbons (Fsp3) is 0.214. The summed E-state index contributed by atoms with van der Waals surface area (Å²) in [5.74, 6) is 0.344. The summed E-state index contributed by atoms with van der Waals surface area (Å²) in [4.78, 5) is 12.1. The maximum absolute atomic E-state index is 12.1. The van der Waals surface area contributed by atoms with Crippen LogP contribution >= 0.6 is 0 Å². The molecular weight excluding hydrogens is 256 g/mol. The van der Waals surface area contributed by atoms with Crippen molar-refractivity contribution in [3.05, 3.63) is 53.2 Å². The molecule has 1 amide bonds. The van der Waals surface area contributed by atoms with E-state index in [0.29, 0.717) is 23.6 Å². The number of hydrogen-bond acceptors (Lipinski definition) is 4. The maximum atomic E-state index is 12.1. The van der Waals surface area contributed by atoms with Gasteiger partial charge in [0.2, 0.25) is 0 Å². The third-order valence-corrected chi connectivity index (χ3v) is 3.21. The highest BCUT2D eigenvalue weighted by Crippen LogP contribution is 2.13. The molecule has 3 aromatic rings. The topological polar surface area (TPSA) is 72.4 Å². The first-order chi connectivity index (χ1) is 9.66. The molecule has 1 N–H and O–H groups in total. The lowest BCUT2D eigenvalue weighted by molar-refractivity contribution is 0.0949. The minimum absolute atomic E-state index is 0.184. The summed E-state index contributed by atoms with van der Waals surface area (Å²) >= 11 is 0. The molecule has 0 spiro atoms. The largest absolute Gasteiger partial charge is 0.361 e. The summed E-state index contributed by atoms with van der Waals surface area (Å²) < 4.78 is 6.77. The van der Waals surface area contributed by atoms with Gasteiger partial charge < -0.3 is 9.84 Å². The fourth-order valence-corrected chi connectivity index (χ4v) is 2.19. The average Bonchev–Trinajstić information content (AvgIpc) is 3.00. The molecule has 0 saturated carbocycles. The van der Waals surface area contributed by atoms with E-state index < -0.39 is 0 Å². The van der Waals surface area contributed by atoms with Crippen LogP contribution in [-0.2, 0) is 6.54 Å². The average molecular weight is 270 g/mol. The van der Waals surface area contributed by atoms with Crippen molar-refractivity contribution in [3.63, 3.8) is 0 Å². The van der Waals surface area contributed by atoms with E-state index in [1.165, 1.54) is 0 Å². The molecule has 6 heteroatoms. The zero-order valence-corrected chi connectivity index (χ0v) is 11.3. The van der Waals surface area contributed by atoms with Gasteiger partial charge in [-0.2, -0.15) is 5.10 Å². The quantitative estimate of drug-likeness (QED) is 0.788. The minimum atomic E-state index is -0.184.